The van der Waals surface area contributed by atoms with Gasteiger partial charge in [0, 0.05) is 26.3 Å². The van der Waals surface area contributed by atoms with Crippen molar-refractivity contribution in [2.24, 2.45) is 5.73 Å². The van der Waals surface area contributed by atoms with Gasteiger partial charge in [-0.2, -0.15) is 5.10 Å². The number of hydrogen-bond donors (Lipinski definition) is 1. The number of hydrogen-bond acceptors (Lipinski definition) is 3. The van der Waals surface area contributed by atoms with E-state index >= 15 is 0 Å². The van der Waals surface area contributed by atoms with E-state index in [9.17, 15) is 4.79 Å². The fourth-order valence-corrected chi connectivity index (χ4v) is 1.74. The van der Waals surface area contributed by atoms with Gasteiger partial charge in [-0.05, 0) is 30.7 Å². The predicted octanol–water partition coefficient (Wildman–Crippen LogP) is 1.59. The van der Waals surface area contributed by atoms with Crippen LogP contribution in [0.5, 0.6) is 0 Å². The van der Waals surface area contributed by atoms with Gasteiger partial charge in [-0.15, -0.1) is 0 Å². The van der Waals surface area contributed by atoms with Crippen molar-refractivity contribution in [2.75, 3.05) is 14.1 Å². The summed E-state index contributed by atoms with van der Waals surface area (Å²) in [5, 5.41) is 4.27. The first-order valence-corrected chi connectivity index (χ1v) is 6.12. The average molecular weight is 258 g/mol. The highest BCUT2D eigenvalue weighted by Gasteiger charge is 2.11. The first-order chi connectivity index (χ1) is 8.99. The minimum Gasteiger partial charge on any atom is -0.343 e. The molecule has 1 aromatic heterocycles. The third kappa shape index (κ3) is 2.82. The molecule has 0 saturated carbocycles. The van der Waals surface area contributed by atoms with Crippen molar-refractivity contribution in [1.82, 2.24) is 14.7 Å². The van der Waals surface area contributed by atoms with Gasteiger partial charge in [-0.1, -0.05) is 12.1 Å². The zero-order chi connectivity index (χ0) is 14.0. The minimum atomic E-state index is -0.106. The lowest BCUT2D eigenvalue weighted by Crippen LogP contribution is -2.22. The summed E-state index contributed by atoms with van der Waals surface area (Å²) in [7, 11) is 3.41. The zero-order valence-electron chi connectivity index (χ0n) is 11.4. The van der Waals surface area contributed by atoms with Gasteiger partial charge in [0.1, 0.15) is 0 Å². The molecule has 1 unspecified atom stereocenters. The van der Waals surface area contributed by atoms with Crippen LogP contribution < -0.4 is 5.73 Å². The summed E-state index contributed by atoms with van der Waals surface area (Å²) < 4.78 is 1.68. The molecule has 0 aliphatic rings. The Kier molecular flexibility index (Phi) is 3.66. The molecule has 2 N–H and O–H groups in total. The fourth-order valence-electron chi connectivity index (χ4n) is 1.74. The molecule has 0 fully saturated rings. The van der Waals surface area contributed by atoms with E-state index in [-0.39, 0.29) is 11.9 Å². The Labute approximate surface area is 112 Å². The van der Waals surface area contributed by atoms with Crippen molar-refractivity contribution >= 4 is 5.91 Å². The molecule has 0 bridgehead atoms. The number of amides is 1. The number of benzene rings is 1. The first kappa shape index (κ1) is 13.3. The highest BCUT2D eigenvalue weighted by atomic mass is 16.2. The van der Waals surface area contributed by atoms with Gasteiger partial charge in [0.05, 0.1) is 5.69 Å². The van der Waals surface area contributed by atoms with Crippen LogP contribution in [0.1, 0.15) is 29.0 Å². The Morgan fingerprint density at radius 3 is 2.42 bits per heavy atom. The maximum absolute atomic E-state index is 11.8. The third-order valence-electron chi connectivity index (χ3n) is 2.90. The van der Waals surface area contributed by atoms with Gasteiger partial charge in [0.2, 0.25) is 0 Å². The van der Waals surface area contributed by atoms with Crippen molar-refractivity contribution in [3.8, 4) is 5.69 Å². The van der Waals surface area contributed by atoms with E-state index in [4.69, 9.17) is 5.73 Å². The molecule has 19 heavy (non-hydrogen) atoms. The highest BCUT2D eigenvalue weighted by molar-refractivity contribution is 5.91. The normalized spacial score (nSPS) is 12.2. The van der Waals surface area contributed by atoms with Crippen LogP contribution in [-0.2, 0) is 0 Å². The summed E-state index contributed by atoms with van der Waals surface area (Å²) >= 11 is 0. The van der Waals surface area contributed by atoms with Crippen molar-refractivity contribution in [1.29, 1.82) is 0 Å². The van der Waals surface area contributed by atoms with Crippen LogP contribution in [-0.4, -0.2) is 34.7 Å². The van der Waals surface area contributed by atoms with Crippen LogP contribution >= 0.6 is 0 Å². The van der Waals surface area contributed by atoms with E-state index in [0.29, 0.717) is 5.69 Å². The predicted molar refractivity (Wildman–Crippen MR) is 74.2 cm³/mol. The molecule has 2 aromatic rings. The number of nitrogens with two attached hydrogens (primary N) is 1. The van der Waals surface area contributed by atoms with Gasteiger partial charge in [0.15, 0.2) is 5.69 Å². The Hall–Kier alpha value is -2.14. The second-order valence-electron chi connectivity index (χ2n) is 4.73. The Bertz CT molecular complexity index is 569. The molecule has 5 nitrogen and oxygen atoms in total. The van der Waals surface area contributed by atoms with Gasteiger partial charge >= 0.3 is 0 Å². The molecular formula is C14H18N4O. The molecule has 0 spiro atoms. The molecule has 1 atom stereocenters. The van der Waals surface area contributed by atoms with Gasteiger partial charge in [0.25, 0.3) is 5.91 Å². The molecular weight excluding hydrogens is 240 g/mol. The molecule has 0 aliphatic heterocycles. The minimum absolute atomic E-state index is 0.0116. The van der Waals surface area contributed by atoms with Crippen molar-refractivity contribution in [2.45, 2.75) is 13.0 Å². The summed E-state index contributed by atoms with van der Waals surface area (Å²) in [4.78, 5) is 13.3. The van der Waals surface area contributed by atoms with E-state index in [1.54, 1.807) is 31.0 Å². The van der Waals surface area contributed by atoms with E-state index in [2.05, 4.69) is 5.10 Å². The number of aromatic nitrogens is 2. The van der Waals surface area contributed by atoms with Crippen molar-refractivity contribution < 1.29 is 4.79 Å². The smallest absolute Gasteiger partial charge is 0.273 e. The molecule has 0 aliphatic carbocycles. The van der Waals surface area contributed by atoms with E-state index in [0.717, 1.165) is 11.3 Å². The highest BCUT2D eigenvalue weighted by Crippen LogP contribution is 2.14. The molecule has 100 valence electrons. The summed E-state index contributed by atoms with van der Waals surface area (Å²) in [6.45, 7) is 1.94. The Morgan fingerprint density at radius 1 is 1.26 bits per heavy atom. The third-order valence-corrected chi connectivity index (χ3v) is 2.90. The number of nitrogens with zero attached hydrogens (tertiary/aromatic N) is 3. The summed E-state index contributed by atoms with van der Waals surface area (Å²) in [6.07, 6.45) is 1.78. The van der Waals surface area contributed by atoms with Crippen LogP contribution in [0.3, 0.4) is 0 Å². The van der Waals surface area contributed by atoms with Crippen LogP contribution in [0, 0.1) is 0 Å². The van der Waals surface area contributed by atoms with Crippen LogP contribution in [0.15, 0.2) is 36.5 Å². The van der Waals surface area contributed by atoms with Crippen LogP contribution in [0.4, 0.5) is 0 Å². The van der Waals surface area contributed by atoms with Crippen LogP contribution in [0.25, 0.3) is 5.69 Å². The van der Waals surface area contributed by atoms with E-state index in [1.165, 1.54) is 4.90 Å². The van der Waals surface area contributed by atoms with Crippen molar-refractivity contribution in [3.63, 3.8) is 0 Å². The quantitative estimate of drug-likeness (QED) is 0.909. The van der Waals surface area contributed by atoms with E-state index in [1.807, 2.05) is 31.2 Å². The lowest BCUT2D eigenvalue weighted by Gasteiger charge is -2.08. The molecule has 1 heterocycles. The Morgan fingerprint density at radius 2 is 1.89 bits per heavy atom. The van der Waals surface area contributed by atoms with Crippen LogP contribution in [0.2, 0.25) is 0 Å². The maximum Gasteiger partial charge on any atom is 0.273 e. The number of carbonyl (C=O) groups excluding carboxylic acids is 1. The lowest BCUT2D eigenvalue weighted by atomic mass is 10.1. The first-order valence-electron chi connectivity index (χ1n) is 6.12. The summed E-state index contributed by atoms with van der Waals surface area (Å²) in [6, 6.07) is 9.54. The number of carbonyl (C=O) groups is 1. The molecule has 1 aromatic carbocycles. The molecule has 2 rings (SSSR count). The lowest BCUT2D eigenvalue weighted by molar-refractivity contribution is 0.0821. The average Bonchev–Trinajstić information content (AvgIpc) is 2.87. The SMILES string of the molecule is CC(N)c1ccc(-n2ccc(C(=O)N(C)C)n2)cc1. The monoisotopic (exact) mass is 258 g/mol. The van der Waals surface area contributed by atoms with Gasteiger partial charge in [-0.25, -0.2) is 4.68 Å². The molecule has 0 radical (unpaired) electrons. The van der Waals surface area contributed by atoms with Gasteiger partial charge < -0.3 is 10.6 Å². The second-order valence-corrected chi connectivity index (χ2v) is 4.73. The van der Waals surface area contributed by atoms with E-state index < -0.39 is 0 Å². The largest absolute Gasteiger partial charge is 0.343 e. The standard InChI is InChI=1S/C14H18N4O/c1-10(15)11-4-6-12(7-5-11)18-9-8-13(16-18)14(19)17(2)3/h4-10H,15H2,1-3H3. The summed E-state index contributed by atoms with van der Waals surface area (Å²) in [5.41, 5.74) is 8.21. The van der Waals surface area contributed by atoms with Crippen molar-refractivity contribution in [3.05, 3.63) is 47.8 Å². The molecule has 1 amide bonds. The zero-order valence-corrected chi connectivity index (χ0v) is 11.4. The molecule has 5 heteroatoms. The maximum atomic E-state index is 11.8. The Balaban J connectivity index is 2.25. The topological polar surface area (TPSA) is 64.2 Å². The second kappa shape index (κ2) is 5.24. The fraction of sp³-hybridized carbons (Fsp3) is 0.286. The number of rotatable bonds is 3. The van der Waals surface area contributed by atoms with Gasteiger partial charge in [-0.3, -0.25) is 4.79 Å². The molecule has 0 saturated heterocycles. The summed E-state index contributed by atoms with van der Waals surface area (Å²) in [5.74, 6) is -0.106.